The fourth-order valence-electron chi connectivity index (χ4n) is 4.76. The molecule has 0 spiro atoms. The van der Waals surface area contributed by atoms with Gasteiger partial charge in [-0.25, -0.2) is 4.98 Å². The minimum Gasteiger partial charge on any atom is -0.361 e. The number of aryl methyl sites for hydroxylation is 2. The molecule has 1 atom stereocenters. The number of benzene rings is 2. The highest BCUT2D eigenvalue weighted by Gasteiger charge is 2.24. The SMILES string of the molecule is CCc1cc(C)c2c(ccn2S)c1C(C)c1nc2ccc(C#N)cc2n1COCC[Si](C)(C)C. The van der Waals surface area contributed by atoms with E-state index in [-0.39, 0.29) is 5.92 Å². The van der Waals surface area contributed by atoms with Gasteiger partial charge in [-0.1, -0.05) is 52.4 Å². The molecular formula is C27H34N4OSSi. The van der Waals surface area contributed by atoms with Crippen molar-refractivity contribution in [2.24, 2.45) is 0 Å². The van der Waals surface area contributed by atoms with E-state index in [9.17, 15) is 5.26 Å². The van der Waals surface area contributed by atoms with Crippen LogP contribution >= 0.6 is 12.8 Å². The van der Waals surface area contributed by atoms with Gasteiger partial charge in [-0.15, -0.1) is 0 Å². The largest absolute Gasteiger partial charge is 0.361 e. The highest BCUT2D eigenvalue weighted by molar-refractivity contribution is 7.78. The third-order valence-corrected chi connectivity index (χ3v) is 8.63. The zero-order valence-electron chi connectivity index (χ0n) is 21.0. The summed E-state index contributed by atoms with van der Waals surface area (Å²) >= 11 is 4.65. The lowest BCUT2D eigenvalue weighted by atomic mass is 9.89. The predicted molar refractivity (Wildman–Crippen MR) is 147 cm³/mol. The minimum absolute atomic E-state index is 0.0484. The Balaban J connectivity index is 1.84. The molecule has 0 N–H and O–H groups in total. The molecule has 7 heteroatoms. The number of aromatic nitrogens is 3. The van der Waals surface area contributed by atoms with E-state index in [0.717, 1.165) is 41.4 Å². The standard InChI is InChI=1S/C27H34N4OSSi/c1-7-21-14-18(2)26-22(10-11-31(26)33)25(21)19(3)27-29-23-9-8-20(16-28)15-24(23)30(27)17-32-12-13-34(4,5)6/h8-11,14-15,19,33H,7,12-13,17H2,1-6H3. The lowest BCUT2D eigenvalue weighted by Crippen LogP contribution is -2.22. The summed E-state index contributed by atoms with van der Waals surface area (Å²) in [6, 6.07) is 13.5. The van der Waals surface area contributed by atoms with Gasteiger partial charge in [0.05, 0.1) is 28.2 Å². The molecule has 1 unspecified atom stereocenters. The predicted octanol–water partition coefficient (Wildman–Crippen LogP) is 6.89. The number of ether oxygens (including phenoxy) is 1. The van der Waals surface area contributed by atoms with E-state index < -0.39 is 8.07 Å². The Morgan fingerprint density at radius 2 is 1.97 bits per heavy atom. The Morgan fingerprint density at radius 3 is 2.65 bits per heavy atom. The van der Waals surface area contributed by atoms with Crippen LogP contribution in [0.25, 0.3) is 21.9 Å². The number of hydrogen-bond donors (Lipinski definition) is 1. The molecule has 0 bridgehead atoms. The molecule has 2 aromatic heterocycles. The summed E-state index contributed by atoms with van der Waals surface area (Å²) in [6.07, 6.45) is 2.96. The monoisotopic (exact) mass is 490 g/mol. The Bertz CT molecular complexity index is 1390. The van der Waals surface area contributed by atoms with Crippen LogP contribution in [0.15, 0.2) is 36.5 Å². The number of nitrogens with zero attached hydrogens (tertiary/aromatic N) is 4. The van der Waals surface area contributed by atoms with E-state index in [1.165, 1.54) is 22.1 Å². The summed E-state index contributed by atoms with van der Waals surface area (Å²) in [4.78, 5) is 5.06. The van der Waals surface area contributed by atoms with Crippen LogP contribution in [0, 0.1) is 18.3 Å². The highest BCUT2D eigenvalue weighted by Crippen LogP contribution is 2.37. The summed E-state index contributed by atoms with van der Waals surface area (Å²) < 4.78 is 10.3. The van der Waals surface area contributed by atoms with Crippen molar-refractivity contribution in [1.82, 2.24) is 13.5 Å². The van der Waals surface area contributed by atoms with Crippen molar-refractivity contribution in [3.63, 3.8) is 0 Å². The maximum absolute atomic E-state index is 9.48. The fourth-order valence-corrected chi connectivity index (χ4v) is 5.85. The first-order valence-electron chi connectivity index (χ1n) is 11.9. The molecule has 2 aromatic carbocycles. The Labute approximate surface area is 208 Å². The van der Waals surface area contributed by atoms with E-state index in [1.807, 2.05) is 28.4 Å². The van der Waals surface area contributed by atoms with Gasteiger partial charge in [0, 0.05) is 32.2 Å². The van der Waals surface area contributed by atoms with Crippen LogP contribution in [0.2, 0.25) is 25.7 Å². The molecule has 0 aliphatic carbocycles. The molecule has 0 radical (unpaired) electrons. The van der Waals surface area contributed by atoms with E-state index in [4.69, 9.17) is 9.72 Å². The lowest BCUT2D eigenvalue weighted by Gasteiger charge is -2.21. The first-order chi connectivity index (χ1) is 16.1. The first kappa shape index (κ1) is 24.6. The van der Waals surface area contributed by atoms with Crippen molar-refractivity contribution >= 4 is 42.8 Å². The molecule has 34 heavy (non-hydrogen) atoms. The second-order valence-corrected chi connectivity index (χ2v) is 16.4. The molecule has 5 nitrogen and oxygen atoms in total. The summed E-state index contributed by atoms with van der Waals surface area (Å²) in [6.45, 7) is 14.8. The van der Waals surface area contributed by atoms with Crippen molar-refractivity contribution in [3.05, 3.63) is 64.6 Å². The van der Waals surface area contributed by atoms with Crippen LogP contribution in [0.3, 0.4) is 0 Å². The van der Waals surface area contributed by atoms with Crippen LogP contribution in [0.4, 0.5) is 0 Å². The molecule has 0 saturated carbocycles. The van der Waals surface area contributed by atoms with E-state index in [0.29, 0.717) is 12.3 Å². The molecule has 4 rings (SSSR count). The highest BCUT2D eigenvalue weighted by atomic mass is 32.1. The number of rotatable bonds is 8. The zero-order valence-corrected chi connectivity index (χ0v) is 22.9. The number of hydrogen-bond acceptors (Lipinski definition) is 4. The second-order valence-electron chi connectivity index (χ2n) is 10.3. The topological polar surface area (TPSA) is 55.8 Å². The van der Waals surface area contributed by atoms with Gasteiger partial charge in [-0.05, 0) is 60.3 Å². The average molecular weight is 491 g/mol. The van der Waals surface area contributed by atoms with Crippen LogP contribution in [0.1, 0.15) is 47.8 Å². The van der Waals surface area contributed by atoms with Crippen LogP contribution < -0.4 is 0 Å². The average Bonchev–Trinajstić information content (AvgIpc) is 3.36. The van der Waals surface area contributed by atoms with Gasteiger partial charge in [0.2, 0.25) is 0 Å². The number of fused-ring (bicyclic) bond motifs is 2. The Kier molecular flexibility index (Phi) is 6.95. The molecule has 2 heterocycles. The van der Waals surface area contributed by atoms with E-state index in [1.54, 1.807) is 0 Å². The first-order valence-corrected chi connectivity index (χ1v) is 16.1. The van der Waals surface area contributed by atoms with E-state index >= 15 is 0 Å². The molecular weight excluding hydrogens is 456 g/mol. The van der Waals surface area contributed by atoms with Gasteiger partial charge in [-0.2, -0.15) is 5.26 Å². The van der Waals surface area contributed by atoms with Crippen molar-refractivity contribution in [3.8, 4) is 6.07 Å². The third kappa shape index (κ3) is 4.68. The van der Waals surface area contributed by atoms with Crippen LogP contribution in [-0.2, 0) is 17.9 Å². The molecule has 0 aliphatic rings. The van der Waals surface area contributed by atoms with Crippen LogP contribution in [-0.4, -0.2) is 28.2 Å². The Hall–Kier alpha value is -2.53. The molecule has 0 fully saturated rings. The second kappa shape index (κ2) is 9.61. The molecule has 0 amide bonds. The maximum Gasteiger partial charge on any atom is 0.124 e. The summed E-state index contributed by atoms with van der Waals surface area (Å²) in [5.41, 5.74) is 7.45. The zero-order chi connectivity index (χ0) is 24.6. The smallest absolute Gasteiger partial charge is 0.124 e. The number of imidazole rings is 1. The van der Waals surface area contributed by atoms with Gasteiger partial charge in [0.1, 0.15) is 12.6 Å². The quantitative estimate of drug-likeness (QED) is 0.166. The maximum atomic E-state index is 9.48. The normalized spacial score (nSPS) is 13.0. The molecule has 0 aliphatic heterocycles. The van der Waals surface area contributed by atoms with Crippen LogP contribution in [0.5, 0.6) is 0 Å². The van der Waals surface area contributed by atoms with Crippen molar-refractivity contribution in [2.75, 3.05) is 6.61 Å². The summed E-state index contributed by atoms with van der Waals surface area (Å²) in [5, 5.41) is 10.7. The summed E-state index contributed by atoms with van der Waals surface area (Å²) in [7, 11) is -1.18. The minimum atomic E-state index is -1.18. The van der Waals surface area contributed by atoms with E-state index in [2.05, 4.69) is 76.0 Å². The molecule has 0 saturated heterocycles. The molecule has 4 aromatic rings. The van der Waals surface area contributed by atoms with Gasteiger partial charge in [0.15, 0.2) is 0 Å². The van der Waals surface area contributed by atoms with Gasteiger partial charge in [-0.3, -0.25) is 3.97 Å². The van der Waals surface area contributed by atoms with Crippen molar-refractivity contribution in [1.29, 1.82) is 5.26 Å². The van der Waals surface area contributed by atoms with Crippen molar-refractivity contribution in [2.45, 2.75) is 65.5 Å². The lowest BCUT2D eigenvalue weighted by molar-refractivity contribution is 0.0876. The van der Waals surface area contributed by atoms with Gasteiger partial charge in [0.25, 0.3) is 0 Å². The molecule has 178 valence electrons. The van der Waals surface area contributed by atoms with Gasteiger partial charge < -0.3 is 9.30 Å². The number of thiol groups is 1. The van der Waals surface area contributed by atoms with Crippen molar-refractivity contribution < 1.29 is 4.74 Å². The van der Waals surface area contributed by atoms with Gasteiger partial charge >= 0.3 is 0 Å². The summed E-state index contributed by atoms with van der Waals surface area (Å²) in [5.74, 6) is 1.01. The Morgan fingerprint density at radius 1 is 1.21 bits per heavy atom. The number of nitriles is 1. The fraction of sp³-hybridized carbons (Fsp3) is 0.407. The third-order valence-electron chi connectivity index (χ3n) is 6.59.